The van der Waals surface area contributed by atoms with Crippen LogP contribution in [0.4, 0.5) is 0 Å². The van der Waals surface area contributed by atoms with E-state index in [1.54, 1.807) is 11.0 Å². The van der Waals surface area contributed by atoms with Crippen LogP contribution >= 0.6 is 0 Å². The number of carbonyl (C=O) groups excluding carboxylic acids is 2. The van der Waals surface area contributed by atoms with Crippen LogP contribution in [0.3, 0.4) is 0 Å². The molecule has 1 heterocycles. The SMILES string of the molecule is N#CC(C(=O)/C=C/c1ccccc1)C(=O)N1CCCCC1. The van der Waals surface area contributed by atoms with Gasteiger partial charge in [-0.1, -0.05) is 36.4 Å². The Morgan fingerprint density at radius 1 is 1.14 bits per heavy atom. The molecule has 1 unspecified atom stereocenters. The van der Waals surface area contributed by atoms with Crippen molar-refractivity contribution in [3.05, 3.63) is 42.0 Å². The number of carbonyl (C=O) groups is 2. The fourth-order valence-corrected chi connectivity index (χ4v) is 2.38. The smallest absolute Gasteiger partial charge is 0.247 e. The van der Waals surface area contributed by atoms with Gasteiger partial charge in [0.2, 0.25) is 5.91 Å². The Bertz CT molecular complexity index is 566. The summed E-state index contributed by atoms with van der Waals surface area (Å²) in [4.78, 5) is 25.9. The third-order valence-electron chi connectivity index (χ3n) is 3.57. The molecule has 0 bridgehead atoms. The topological polar surface area (TPSA) is 61.2 Å². The van der Waals surface area contributed by atoms with E-state index in [2.05, 4.69) is 0 Å². The van der Waals surface area contributed by atoms with Crippen molar-refractivity contribution < 1.29 is 9.59 Å². The number of nitrogens with zero attached hydrogens (tertiary/aromatic N) is 2. The molecule has 0 saturated carbocycles. The fraction of sp³-hybridized carbons (Fsp3) is 0.353. The summed E-state index contributed by atoms with van der Waals surface area (Å²) in [5.74, 6) is -2.03. The summed E-state index contributed by atoms with van der Waals surface area (Å²) in [5.41, 5.74) is 0.868. The van der Waals surface area contributed by atoms with Gasteiger partial charge in [0.1, 0.15) is 0 Å². The minimum atomic E-state index is -1.22. The van der Waals surface area contributed by atoms with Crippen LogP contribution in [0.1, 0.15) is 24.8 Å². The van der Waals surface area contributed by atoms with Crippen LogP contribution in [0.5, 0.6) is 0 Å². The molecule has 1 fully saturated rings. The highest BCUT2D eigenvalue weighted by molar-refractivity contribution is 6.10. The van der Waals surface area contributed by atoms with Crippen molar-refractivity contribution in [2.45, 2.75) is 19.3 Å². The molecule has 1 aromatic carbocycles. The Morgan fingerprint density at radius 2 is 1.81 bits per heavy atom. The molecule has 0 radical (unpaired) electrons. The molecule has 4 heteroatoms. The second kappa shape index (κ2) is 7.39. The van der Waals surface area contributed by atoms with Gasteiger partial charge in [0, 0.05) is 13.1 Å². The maximum atomic E-state index is 12.2. The molecule has 4 nitrogen and oxygen atoms in total. The average molecular weight is 282 g/mol. The first-order valence-electron chi connectivity index (χ1n) is 7.18. The number of likely N-dealkylation sites (tertiary alicyclic amines) is 1. The summed E-state index contributed by atoms with van der Waals surface area (Å²) in [6, 6.07) is 11.2. The van der Waals surface area contributed by atoms with E-state index in [-0.39, 0.29) is 5.91 Å². The zero-order valence-electron chi connectivity index (χ0n) is 11.9. The van der Waals surface area contributed by atoms with E-state index in [0.717, 1.165) is 24.8 Å². The van der Waals surface area contributed by atoms with Gasteiger partial charge in [-0.15, -0.1) is 0 Å². The van der Waals surface area contributed by atoms with E-state index >= 15 is 0 Å². The molecule has 21 heavy (non-hydrogen) atoms. The molecule has 1 amide bonds. The average Bonchev–Trinajstić information content (AvgIpc) is 2.55. The summed E-state index contributed by atoms with van der Waals surface area (Å²) in [6.07, 6.45) is 5.94. The Hall–Kier alpha value is -2.41. The maximum absolute atomic E-state index is 12.2. The number of amides is 1. The Kier molecular flexibility index (Phi) is 5.28. The molecule has 1 aromatic rings. The van der Waals surface area contributed by atoms with Gasteiger partial charge in [0.05, 0.1) is 6.07 Å². The number of piperidine rings is 1. The molecule has 2 rings (SSSR count). The van der Waals surface area contributed by atoms with Crippen LogP contribution < -0.4 is 0 Å². The van der Waals surface area contributed by atoms with Crippen LogP contribution in [0.25, 0.3) is 6.08 Å². The highest BCUT2D eigenvalue weighted by Gasteiger charge is 2.29. The Balaban J connectivity index is 2.03. The third-order valence-corrected chi connectivity index (χ3v) is 3.57. The number of benzene rings is 1. The fourth-order valence-electron chi connectivity index (χ4n) is 2.38. The highest BCUT2D eigenvalue weighted by Crippen LogP contribution is 2.14. The molecule has 1 aliphatic heterocycles. The summed E-state index contributed by atoms with van der Waals surface area (Å²) < 4.78 is 0. The highest BCUT2D eigenvalue weighted by atomic mass is 16.2. The minimum absolute atomic E-state index is 0.361. The Labute approximate surface area is 124 Å². The number of rotatable bonds is 4. The van der Waals surface area contributed by atoms with Crippen molar-refractivity contribution in [1.29, 1.82) is 5.26 Å². The Morgan fingerprint density at radius 3 is 2.43 bits per heavy atom. The molecule has 108 valence electrons. The lowest BCUT2D eigenvalue weighted by atomic mass is 10.0. The van der Waals surface area contributed by atoms with Crippen LogP contribution in [0.2, 0.25) is 0 Å². The van der Waals surface area contributed by atoms with E-state index in [9.17, 15) is 9.59 Å². The normalized spacial score (nSPS) is 16.4. The number of hydrogen-bond donors (Lipinski definition) is 0. The number of hydrogen-bond acceptors (Lipinski definition) is 3. The van der Waals surface area contributed by atoms with Crippen LogP contribution in [0, 0.1) is 17.2 Å². The lowest BCUT2D eigenvalue weighted by Gasteiger charge is -2.27. The van der Waals surface area contributed by atoms with Gasteiger partial charge in [-0.2, -0.15) is 5.26 Å². The monoisotopic (exact) mass is 282 g/mol. The molecule has 0 N–H and O–H groups in total. The molecular weight excluding hydrogens is 264 g/mol. The zero-order valence-corrected chi connectivity index (χ0v) is 11.9. The molecule has 1 aliphatic rings. The molecule has 0 aliphatic carbocycles. The van der Waals surface area contributed by atoms with Gasteiger partial charge in [-0.05, 0) is 30.9 Å². The van der Waals surface area contributed by atoms with Crippen molar-refractivity contribution in [1.82, 2.24) is 4.90 Å². The van der Waals surface area contributed by atoms with Crippen molar-refractivity contribution in [2.24, 2.45) is 5.92 Å². The predicted molar refractivity (Wildman–Crippen MR) is 80.0 cm³/mol. The lowest BCUT2D eigenvalue weighted by Crippen LogP contribution is -2.41. The zero-order chi connectivity index (χ0) is 15.1. The minimum Gasteiger partial charge on any atom is -0.341 e. The molecule has 0 spiro atoms. The van der Waals surface area contributed by atoms with Gasteiger partial charge >= 0.3 is 0 Å². The predicted octanol–water partition coefficient (Wildman–Crippen LogP) is 2.42. The second-order valence-electron chi connectivity index (χ2n) is 5.09. The van der Waals surface area contributed by atoms with Crippen molar-refractivity contribution in [3.8, 4) is 6.07 Å². The van der Waals surface area contributed by atoms with Crippen molar-refractivity contribution in [2.75, 3.05) is 13.1 Å². The molecule has 1 atom stereocenters. The summed E-state index contributed by atoms with van der Waals surface area (Å²) in [6.45, 7) is 1.29. The third kappa shape index (κ3) is 4.03. The summed E-state index contributed by atoms with van der Waals surface area (Å²) in [7, 11) is 0. The van der Waals surface area contributed by atoms with Crippen molar-refractivity contribution >= 4 is 17.8 Å². The van der Waals surface area contributed by atoms with Crippen LogP contribution in [-0.2, 0) is 9.59 Å². The van der Waals surface area contributed by atoms with E-state index in [0.29, 0.717) is 13.1 Å². The first kappa shape index (κ1) is 15.0. The van der Waals surface area contributed by atoms with Gasteiger partial charge in [0.25, 0.3) is 0 Å². The second-order valence-corrected chi connectivity index (χ2v) is 5.09. The summed E-state index contributed by atoms with van der Waals surface area (Å²) in [5, 5.41) is 9.14. The van der Waals surface area contributed by atoms with Gasteiger partial charge in [0.15, 0.2) is 11.7 Å². The number of nitriles is 1. The quantitative estimate of drug-likeness (QED) is 0.629. The standard InChI is InChI=1S/C17H18N2O2/c18-13-15(17(21)19-11-5-2-6-12-19)16(20)10-9-14-7-3-1-4-8-14/h1,3-4,7-10,15H,2,5-6,11-12H2/b10-9+. The number of ketones is 1. The van der Waals surface area contributed by atoms with Crippen LogP contribution in [-0.4, -0.2) is 29.7 Å². The maximum Gasteiger partial charge on any atom is 0.247 e. The van der Waals surface area contributed by atoms with E-state index < -0.39 is 11.7 Å². The van der Waals surface area contributed by atoms with E-state index in [4.69, 9.17) is 5.26 Å². The van der Waals surface area contributed by atoms with Gasteiger partial charge in [-0.3, -0.25) is 9.59 Å². The first-order valence-corrected chi connectivity index (χ1v) is 7.18. The van der Waals surface area contributed by atoms with Crippen molar-refractivity contribution in [3.63, 3.8) is 0 Å². The number of allylic oxidation sites excluding steroid dienone is 1. The van der Waals surface area contributed by atoms with E-state index in [1.807, 2.05) is 36.4 Å². The van der Waals surface area contributed by atoms with Gasteiger partial charge in [-0.25, -0.2) is 0 Å². The lowest BCUT2D eigenvalue weighted by molar-refractivity contribution is -0.138. The van der Waals surface area contributed by atoms with E-state index in [1.165, 1.54) is 6.08 Å². The molecule has 1 saturated heterocycles. The largest absolute Gasteiger partial charge is 0.341 e. The van der Waals surface area contributed by atoms with Gasteiger partial charge < -0.3 is 4.90 Å². The van der Waals surface area contributed by atoms with Crippen LogP contribution in [0.15, 0.2) is 36.4 Å². The summed E-state index contributed by atoms with van der Waals surface area (Å²) >= 11 is 0. The first-order chi connectivity index (χ1) is 10.2. The molecular formula is C17H18N2O2. The molecule has 0 aromatic heterocycles.